The van der Waals surface area contributed by atoms with Crippen molar-refractivity contribution in [3.8, 4) is 0 Å². The summed E-state index contributed by atoms with van der Waals surface area (Å²) in [5.41, 5.74) is 1.76. The zero-order valence-electron chi connectivity index (χ0n) is 8.84. The van der Waals surface area contributed by atoms with Crippen molar-refractivity contribution in [2.75, 3.05) is 27.4 Å². The summed E-state index contributed by atoms with van der Waals surface area (Å²) in [7, 11) is 3.09. The molecule has 0 aliphatic rings. The average Bonchev–Trinajstić information content (AvgIpc) is 2.71. The Kier molecular flexibility index (Phi) is 5.21. The second-order valence-corrected chi connectivity index (χ2v) is 3.84. The van der Waals surface area contributed by atoms with Gasteiger partial charge in [-0.2, -0.15) is 11.3 Å². The fourth-order valence-corrected chi connectivity index (χ4v) is 2.38. The number of aliphatic hydroxyl groups excluding tert-OH is 2. The van der Waals surface area contributed by atoms with E-state index in [0.717, 1.165) is 11.1 Å². The maximum atomic E-state index is 9.13. The molecule has 1 heterocycles. The number of ether oxygens (including phenoxy) is 2. The summed E-state index contributed by atoms with van der Waals surface area (Å²) in [4.78, 5) is 0. The highest BCUT2D eigenvalue weighted by Gasteiger charge is 2.20. The Morgan fingerprint density at radius 2 is 1.47 bits per heavy atom. The minimum absolute atomic E-state index is 0.0813. The van der Waals surface area contributed by atoms with Gasteiger partial charge in [0.25, 0.3) is 0 Å². The highest BCUT2D eigenvalue weighted by atomic mass is 32.1. The van der Waals surface area contributed by atoms with Crippen molar-refractivity contribution < 1.29 is 19.7 Å². The summed E-state index contributed by atoms with van der Waals surface area (Å²) < 4.78 is 10.3. The molecule has 1 aromatic heterocycles. The number of hydrogen-bond donors (Lipinski definition) is 2. The summed E-state index contributed by atoms with van der Waals surface area (Å²) >= 11 is 1.50. The maximum absolute atomic E-state index is 9.13. The summed E-state index contributed by atoms with van der Waals surface area (Å²) in [6, 6.07) is 0. The summed E-state index contributed by atoms with van der Waals surface area (Å²) in [6.07, 6.45) is -0.703. The number of rotatable bonds is 6. The van der Waals surface area contributed by atoms with Crippen LogP contribution in [0, 0.1) is 0 Å². The van der Waals surface area contributed by atoms with E-state index >= 15 is 0 Å². The average molecular weight is 232 g/mol. The van der Waals surface area contributed by atoms with Crippen LogP contribution in [0.3, 0.4) is 0 Å². The molecule has 0 bridgehead atoms. The van der Waals surface area contributed by atoms with Crippen molar-refractivity contribution >= 4 is 11.3 Å². The van der Waals surface area contributed by atoms with Crippen LogP contribution in [0.5, 0.6) is 0 Å². The van der Waals surface area contributed by atoms with Gasteiger partial charge in [-0.3, -0.25) is 0 Å². The van der Waals surface area contributed by atoms with Crippen LogP contribution >= 0.6 is 11.3 Å². The van der Waals surface area contributed by atoms with Crippen molar-refractivity contribution in [1.29, 1.82) is 0 Å². The first-order valence-electron chi connectivity index (χ1n) is 4.61. The molecule has 2 N–H and O–H groups in total. The van der Waals surface area contributed by atoms with Crippen molar-refractivity contribution in [2.45, 2.75) is 12.2 Å². The Balaban J connectivity index is 2.93. The Morgan fingerprint density at radius 1 is 1.07 bits per heavy atom. The molecule has 0 spiro atoms. The van der Waals surface area contributed by atoms with Gasteiger partial charge in [-0.25, -0.2) is 0 Å². The van der Waals surface area contributed by atoms with E-state index in [-0.39, 0.29) is 25.4 Å². The Hall–Kier alpha value is -0.460. The van der Waals surface area contributed by atoms with E-state index in [1.54, 1.807) is 14.2 Å². The zero-order valence-corrected chi connectivity index (χ0v) is 9.66. The minimum Gasteiger partial charge on any atom is -0.393 e. The first-order valence-corrected chi connectivity index (χ1v) is 5.56. The van der Waals surface area contributed by atoms with Gasteiger partial charge in [0.05, 0.1) is 13.2 Å². The molecule has 2 atom stereocenters. The fraction of sp³-hybridized carbons (Fsp3) is 0.600. The standard InChI is InChI=1S/C10H16O4S/c1-13-9(3-11)7-5-15-6-8(7)10(4-12)14-2/h5-6,9-12H,3-4H2,1-2H3. The van der Waals surface area contributed by atoms with E-state index < -0.39 is 0 Å². The molecule has 86 valence electrons. The Labute approximate surface area is 93.1 Å². The van der Waals surface area contributed by atoms with E-state index in [4.69, 9.17) is 19.7 Å². The first-order chi connectivity index (χ1) is 7.28. The van der Waals surface area contributed by atoms with Gasteiger partial charge in [-0.1, -0.05) is 0 Å². The second kappa shape index (κ2) is 6.19. The van der Waals surface area contributed by atoms with Crippen molar-refractivity contribution in [2.24, 2.45) is 0 Å². The molecule has 0 aliphatic heterocycles. The Morgan fingerprint density at radius 3 is 1.73 bits per heavy atom. The van der Waals surface area contributed by atoms with Gasteiger partial charge in [-0.15, -0.1) is 0 Å². The van der Waals surface area contributed by atoms with Crippen molar-refractivity contribution in [3.05, 3.63) is 21.9 Å². The van der Waals surface area contributed by atoms with E-state index in [0.29, 0.717) is 0 Å². The van der Waals surface area contributed by atoms with Crippen LogP contribution in [0.1, 0.15) is 23.3 Å². The molecule has 0 fully saturated rings. The molecule has 0 amide bonds. The summed E-state index contributed by atoms with van der Waals surface area (Å²) in [5, 5.41) is 22.1. The lowest BCUT2D eigenvalue weighted by atomic mass is 10.0. The van der Waals surface area contributed by atoms with Gasteiger partial charge in [0.2, 0.25) is 0 Å². The van der Waals surface area contributed by atoms with Gasteiger partial charge >= 0.3 is 0 Å². The quantitative estimate of drug-likeness (QED) is 0.771. The van der Waals surface area contributed by atoms with Crippen molar-refractivity contribution in [1.82, 2.24) is 0 Å². The van der Waals surface area contributed by atoms with Crippen LogP contribution in [0.15, 0.2) is 10.8 Å². The fourth-order valence-electron chi connectivity index (χ4n) is 1.44. The predicted molar refractivity (Wildman–Crippen MR) is 58.0 cm³/mol. The molecule has 5 heteroatoms. The molecule has 0 aliphatic carbocycles. The number of hydrogen-bond acceptors (Lipinski definition) is 5. The van der Waals surface area contributed by atoms with Gasteiger partial charge < -0.3 is 19.7 Å². The lowest BCUT2D eigenvalue weighted by Crippen LogP contribution is -2.12. The van der Waals surface area contributed by atoms with Crippen LogP contribution in [-0.4, -0.2) is 37.6 Å². The van der Waals surface area contributed by atoms with Gasteiger partial charge in [0.15, 0.2) is 0 Å². The van der Waals surface area contributed by atoms with Crippen LogP contribution in [0.4, 0.5) is 0 Å². The molecule has 0 radical (unpaired) electrons. The molecular weight excluding hydrogens is 216 g/mol. The topological polar surface area (TPSA) is 58.9 Å². The monoisotopic (exact) mass is 232 g/mol. The molecule has 2 unspecified atom stereocenters. The van der Waals surface area contributed by atoms with Crippen LogP contribution < -0.4 is 0 Å². The van der Waals surface area contributed by atoms with E-state index in [1.165, 1.54) is 11.3 Å². The molecule has 4 nitrogen and oxygen atoms in total. The molecule has 1 aromatic rings. The lowest BCUT2D eigenvalue weighted by molar-refractivity contribution is 0.0324. The van der Waals surface area contributed by atoms with E-state index in [2.05, 4.69) is 0 Å². The molecule has 0 aromatic carbocycles. The third kappa shape index (κ3) is 2.76. The minimum atomic E-state index is -0.351. The highest BCUT2D eigenvalue weighted by Crippen LogP contribution is 2.30. The van der Waals surface area contributed by atoms with Crippen LogP contribution in [-0.2, 0) is 9.47 Å². The van der Waals surface area contributed by atoms with Gasteiger partial charge in [0, 0.05) is 14.2 Å². The lowest BCUT2D eigenvalue weighted by Gasteiger charge is -2.18. The third-order valence-electron chi connectivity index (χ3n) is 2.32. The zero-order chi connectivity index (χ0) is 11.3. The van der Waals surface area contributed by atoms with E-state index in [9.17, 15) is 0 Å². The molecule has 1 rings (SSSR count). The van der Waals surface area contributed by atoms with Crippen molar-refractivity contribution in [3.63, 3.8) is 0 Å². The first kappa shape index (κ1) is 12.6. The van der Waals surface area contributed by atoms with Crippen LogP contribution in [0.2, 0.25) is 0 Å². The summed E-state index contributed by atoms with van der Waals surface area (Å²) in [5.74, 6) is 0. The van der Waals surface area contributed by atoms with Gasteiger partial charge in [0.1, 0.15) is 12.2 Å². The normalized spacial score (nSPS) is 15.2. The summed E-state index contributed by atoms with van der Waals surface area (Å²) in [6.45, 7) is -0.163. The largest absolute Gasteiger partial charge is 0.393 e. The molecule has 0 saturated carbocycles. The number of methoxy groups -OCH3 is 2. The number of aliphatic hydroxyl groups is 2. The SMILES string of the molecule is COC(CO)c1cscc1C(CO)OC. The predicted octanol–water partition coefficient (Wildman–Crippen LogP) is 1.11. The van der Waals surface area contributed by atoms with E-state index in [1.807, 2.05) is 10.8 Å². The number of thiophene rings is 1. The highest BCUT2D eigenvalue weighted by molar-refractivity contribution is 7.08. The smallest absolute Gasteiger partial charge is 0.106 e. The molecule has 15 heavy (non-hydrogen) atoms. The third-order valence-corrected chi connectivity index (χ3v) is 3.10. The van der Waals surface area contributed by atoms with Gasteiger partial charge in [-0.05, 0) is 21.9 Å². The second-order valence-electron chi connectivity index (χ2n) is 3.10. The van der Waals surface area contributed by atoms with Crippen LogP contribution in [0.25, 0.3) is 0 Å². The molecular formula is C10H16O4S. The Bertz CT molecular complexity index is 252. The maximum Gasteiger partial charge on any atom is 0.106 e. The molecule has 0 saturated heterocycles.